The summed E-state index contributed by atoms with van der Waals surface area (Å²) in [6, 6.07) is 8.83. The summed E-state index contributed by atoms with van der Waals surface area (Å²) in [5.74, 6) is -0.361. The minimum absolute atomic E-state index is 0.165. The van der Waals surface area contributed by atoms with Crippen molar-refractivity contribution in [3.05, 3.63) is 52.6 Å². The average Bonchev–Trinajstić information content (AvgIpc) is 2.74. The minimum atomic E-state index is -0.196. The Morgan fingerprint density at radius 1 is 1.10 bits per heavy atom. The maximum absolute atomic E-state index is 13.3. The quantitative estimate of drug-likeness (QED) is 0.460. The van der Waals surface area contributed by atoms with Crippen molar-refractivity contribution in [2.75, 3.05) is 61.8 Å². The van der Waals surface area contributed by atoms with E-state index in [4.69, 9.17) is 5.73 Å². The number of carbonyl (C=O) groups is 2. The third-order valence-electron chi connectivity index (χ3n) is 5.86. The molecule has 7 heteroatoms. The van der Waals surface area contributed by atoms with E-state index in [9.17, 15) is 14.7 Å². The Bertz CT molecular complexity index is 965. The molecule has 0 aromatic heterocycles. The van der Waals surface area contributed by atoms with Gasteiger partial charge in [0.1, 0.15) is 6.54 Å². The van der Waals surface area contributed by atoms with Crippen LogP contribution in [0.3, 0.4) is 0 Å². The van der Waals surface area contributed by atoms with Crippen molar-refractivity contribution < 1.29 is 19.6 Å². The lowest BCUT2D eigenvalue weighted by atomic mass is 9.81. The molecule has 1 fully saturated rings. The van der Waals surface area contributed by atoms with Gasteiger partial charge in [-0.25, -0.2) is 0 Å². The molecule has 1 heterocycles. The Balaban J connectivity index is 1.80. The number of piperazine rings is 1. The number of fused-ring (bicyclic) bond motifs is 2. The molecule has 7 nitrogen and oxygen atoms in total. The van der Waals surface area contributed by atoms with E-state index >= 15 is 0 Å². The lowest BCUT2D eigenvalue weighted by Gasteiger charge is -2.35. The van der Waals surface area contributed by atoms with Crippen LogP contribution in [0.2, 0.25) is 0 Å². The van der Waals surface area contributed by atoms with Gasteiger partial charge in [0.25, 0.3) is 0 Å². The number of quaternary nitrogens is 1. The molecule has 0 bridgehead atoms. The van der Waals surface area contributed by atoms with E-state index in [0.717, 1.165) is 38.4 Å². The van der Waals surface area contributed by atoms with Crippen LogP contribution in [0.1, 0.15) is 38.8 Å². The van der Waals surface area contributed by atoms with E-state index in [2.05, 4.69) is 10.2 Å². The standard InChI is InChI=1S/C22H26N4O3/c1-2-24-16-13-17(26-9-7-25(8-10-26)11-12-27)20(23)19-18(16)21(28)14-5-3-4-6-15(14)22(19)29/h3-6,13,24,27H,2,7-12,23H2,1H3/p+1. The van der Waals surface area contributed by atoms with Gasteiger partial charge in [0.15, 0.2) is 11.6 Å². The smallest absolute Gasteiger partial charge is 0.196 e. The minimum Gasteiger partial charge on any atom is -0.396 e. The molecule has 4 rings (SSSR count). The van der Waals surface area contributed by atoms with Crippen LogP contribution >= 0.6 is 0 Å². The molecule has 0 atom stereocenters. The van der Waals surface area contributed by atoms with Gasteiger partial charge in [-0.3, -0.25) is 9.59 Å². The van der Waals surface area contributed by atoms with Crippen molar-refractivity contribution >= 4 is 28.6 Å². The second-order valence-electron chi connectivity index (χ2n) is 7.55. The average molecular weight is 395 g/mol. The highest BCUT2D eigenvalue weighted by Crippen LogP contribution is 2.40. The summed E-state index contributed by atoms with van der Waals surface area (Å²) in [7, 11) is 0. The molecule has 5 N–H and O–H groups in total. The molecule has 152 valence electrons. The Hall–Kier alpha value is -2.90. The predicted molar refractivity (Wildman–Crippen MR) is 113 cm³/mol. The van der Waals surface area contributed by atoms with Gasteiger partial charge in [0.05, 0.1) is 55.3 Å². The van der Waals surface area contributed by atoms with E-state index in [1.807, 2.05) is 13.0 Å². The number of anilines is 3. The molecule has 0 amide bonds. The maximum Gasteiger partial charge on any atom is 0.196 e. The number of hydrogen-bond acceptors (Lipinski definition) is 6. The maximum atomic E-state index is 13.3. The normalized spacial score (nSPS) is 16.6. The Morgan fingerprint density at radius 3 is 2.31 bits per heavy atom. The van der Waals surface area contributed by atoms with Gasteiger partial charge in [-0.1, -0.05) is 24.3 Å². The monoisotopic (exact) mass is 395 g/mol. The third kappa shape index (κ3) is 3.26. The van der Waals surface area contributed by atoms with E-state index in [-0.39, 0.29) is 18.2 Å². The topological polar surface area (TPSA) is 100 Å². The van der Waals surface area contributed by atoms with Gasteiger partial charge >= 0.3 is 0 Å². The molecule has 0 spiro atoms. The largest absolute Gasteiger partial charge is 0.396 e. The van der Waals surface area contributed by atoms with Crippen molar-refractivity contribution in [2.24, 2.45) is 0 Å². The summed E-state index contributed by atoms with van der Waals surface area (Å²) in [6.07, 6.45) is 0. The number of hydrogen-bond donors (Lipinski definition) is 4. The molecule has 0 saturated carbocycles. The summed E-state index contributed by atoms with van der Waals surface area (Å²) in [5, 5.41) is 12.4. The van der Waals surface area contributed by atoms with Gasteiger partial charge in [0.2, 0.25) is 0 Å². The number of aliphatic hydroxyl groups is 1. The Labute approximate surface area is 170 Å². The molecule has 2 aromatic carbocycles. The number of aliphatic hydroxyl groups excluding tert-OH is 1. The van der Waals surface area contributed by atoms with Gasteiger partial charge in [-0.05, 0) is 13.0 Å². The fourth-order valence-corrected chi connectivity index (χ4v) is 4.37. The number of benzene rings is 2. The summed E-state index contributed by atoms with van der Waals surface area (Å²) in [5.41, 5.74) is 9.87. The van der Waals surface area contributed by atoms with E-state index < -0.39 is 0 Å². The fourth-order valence-electron chi connectivity index (χ4n) is 4.37. The van der Waals surface area contributed by atoms with Crippen molar-refractivity contribution in [1.82, 2.24) is 0 Å². The van der Waals surface area contributed by atoms with Crippen LogP contribution in [-0.4, -0.2) is 62.5 Å². The zero-order valence-electron chi connectivity index (χ0n) is 16.6. The molecule has 1 aliphatic heterocycles. The summed E-state index contributed by atoms with van der Waals surface area (Å²) >= 11 is 0. The summed E-state index contributed by atoms with van der Waals surface area (Å²) < 4.78 is 0. The number of rotatable bonds is 5. The first-order valence-electron chi connectivity index (χ1n) is 10.1. The predicted octanol–water partition coefficient (Wildman–Crippen LogP) is 0.173. The van der Waals surface area contributed by atoms with Gasteiger partial charge in [0, 0.05) is 23.4 Å². The number of nitrogen functional groups attached to an aromatic ring is 1. The van der Waals surface area contributed by atoms with Crippen LogP contribution in [0.4, 0.5) is 17.1 Å². The van der Waals surface area contributed by atoms with Crippen LogP contribution in [-0.2, 0) is 0 Å². The highest BCUT2D eigenvalue weighted by atomic mass is 16.3. The molecule has 1 aliphatic carbocycles. The number of carbonyl (C=O) groups excluding carboxylic acids is 2. The molecule has 0 unspecified atom stereocenters. The summed E-state index contributed by atoms with van der Waals surface area (Å²) in [4.78, 5) is 30.0. The van der Waals surface area contributed by atoms with Crippen LogP contribution in [0.5, 0.6) is 0 Å². The lowest BCUT2D eigenvalue weighted by Crippen LogP contribution is -3.15. The van der Waals surface area contributed by atoms with Gasteiger partial charge < -0.3 is 26.0 Å². The molecular weight excluding hydrogens is 368 g/mol. The molecule has 2 aromatic rings. The second-order valence-corrected chi connectivity index (χ2v) is 7.55. The van der Waals surface area contributed by atoms with Crippen LogP contribution in [0, 0.1) is 0 Å². The number of ketones is 2. The summed E-state index contributed by atoms with van der Waals surface area (Å²) in [6.45, 7) is 6.85. The Morgan fingerprint density at radius 2 is 1.72 bits per heavy atom. The molecule has 2 aliphatic rings. The number of nitrogens with zero attached hydrogens (tertiary/aromatic N) is 1. The van der Waals surface area contributed by atoms with Gasteiger partial charge in [-0.2, -0.15) is 0 Å². The van der Waals surface area contributed by atoms with E-state index in [1.165, 1.54) is 4.90 Å². The fraction of sp³-hybridized carbons (Fsp3) is 0.364. The van der Waals surface area contributed by atoms with Crippen LogP contribution < -0.4 is 20.9 Å². The Kier molecular flexibility index (Phi) is 5.25. The van der Waals surface area contributed by atoms with E-state index in [0.29, 0.717) is 40.2 Å². The molecule has 29 heavy (non-hydrogen) atoms. The van der Waals surface area contributed by atoms with Gasteiger partial charge in [-0.15, -0.1) is 0 Å². The third-order valence-corrected chi connectivity index (χ3v) is 5.86. The number of nitrogens with two attached hydrogens (primary N) is 1. The highest BCUT2D eigenvalue weighted by molar-refractivity contribution is 6.32. The van der Waals surface area contributed by atoms with Crippen molar-refractivity contribution in [3.8, 4) is 0 Å². The second kappa shape index (κ2) is 7.85. The molecular formula is C22H27N4O3+. The SMILES string of the molecule is CCNc1cc(N2CC[NH+](CCO)CC2)c(N)c2c1C(=O)c1ccccc1C2=O. The first-order chi connectivity index (χ1) is 14.1. The molecule has 1 saturated heterocycles. The highest BCUT2D eigenvalue weighted by Gasteiger charge is 2.35. The zero-order valence-corrected chi connectivity index (χ0v) is 16.6. The van der Waals surface area contributed by atoms with Crippen LogP contribution in [0.15, 0.2) is 30.3 Å². The van der Waals surface area contributed by atoms with Crippen molar-refractivity contribution in [2.45, 2.75) is 6.92 Å². The van der Waals surface area contributed by atoms with Crippen molar-refractivity contribution in [1.29, 1.82) is 0 Å². The van der Waals surface area contributed by atoms with Crippen LogP contribution in [0.25, 0.3) is 0 Å². The van der Waals surface area contributed by atoms with E-state index in [1.54, 1.807) is 24.3 Å². The molecule has 0 radical (unpaired) electrons. The number of nitrogens with one attached hydrogen (secondary N) is 2. The first kappa shape index (κ1) is 19.4. The van der Waals surface area contributed by atoms with Crippen molar-refractivity contribution in [3.63, 3.8) is 0 Å². The lowest BCUT2D eigenvalue weighted by molar-refractivity contribution is -0.900. The first-order valence-corrected chi connectivity index (χ1v) is 10.1. The zero-order chi connectivity index (χ0) is 20.5.